The van der Waals surface area contributed by atoms with Gasteiger partial charge in [0.2, 0.25) is 0 Å². The average molecular weight is 249 g/mol. The van der Waals surface area contributed by atoms with E-state index in [0.29, 0.717) is 0 Å². The minimum absolute atomic E-state index is 0.0151. The topological polar surface area (TPSA) is 72.5 Å². The van der Waals surface area contributed by atoms with E-state index in [0.717, 1.165) is 12.1 Å². The highest BCUT2D eigenvalue weighted by Gasteiger charge is 2.36. The van der Waals surface area contributed by atoms with Crippen LogP contribution in [-0.4, -0.2) is 18.2 Å². The Balaban J connectivity index is 3.35. The molecular formula is C10H10F3NO3. The van der Waals surface area contributed by atoms with Crippen LogP contribution in [0.25, 0.3) is 0 Å². The summed E-state index contributed by atoms with van der Waals surface area (Å²) in [5.41, 5.74) is 3.59. The average Bonchev–Trinajstić information content (AvgIpc) is 2.26. The van der Waals surface area contributed by atoms with Crippen LogP contribution in [0.3, 0.4) is 0 Å². The fourth-order valence-corrected chi connectivity index (χ4v) is 1.31. The van der Waals surface area contributed by atoms with E-state index in [1.165, 1.54) is 13.2 Å². The number of aliphatic carboxylic acids is 1. The highest BCUT2D eigenvalue weighted by atomic mass is 19.4. The second kappa shape index (κ2) is 4.62. The van der Waals surface area contributed by atoms with Crippen molar-refractivity contribution in [2.24, 2.45) is 5.73 Å². The molecule has 3 N–H and O–H groups in total. The van der Waals surface area contributed by atoms with E-state index in [1.807, 2.05) is 0 Å². The first-order valence-corrected chi connectivity index (χ1v) is 4.51. The zero-order valence-electron chi connectivity index (χ0n) is 8.78. The van der Waals surface area contributed by atoms with Crippen molar-refractivity contribution in [3.05, 3.63) is 29.3 Å². The van der Waals surface area contributed by atoms with Gasteiger partial charge in [0.15, 0.2) is 0 Å². The maximum Gasteiger partial charge on any atom is 0.416 e. The molecule has 0 aliphatic carbocycles. The third-order valence-corrected chi connectivity index (χ3v) is 2.17. The molecule has 4 nitrogen and oxygen atoms in total. The van der Waals surface area contributed by atoms with Crippen LogP contribution in [0.5, 0.6) is 5.75 Å². The number of rotatable bonds is 3. The Hall–Kier alpha value is -1.76. The van der Waals surface area contributed by atoms with Crippen LogP contribution in [-0.2, 0) is 11.0 Å². The molecule has 0 bridgehead atoms. The Labute approximate surface area is 94.8 Å². The first kappa shape index (κ1) is 13.3. The van der Waals surface area contributed by atoms with E-state index in [2.05, 4.69) is 4.74 Å². The SMILES string of the molecule is COc1ccc(C(N)C(=O)O)c(C(F)(F)F)c1. The Morgan fingerprint density at radius 2 is 2.06 bits per heavy atom. The summed E-state index contributed by atoms with van der Waals surface area (Å²) >= 11 is 0. The van der Waals surface area contributed by atoms with Gasteiger partial charge < -0.3 is 15.6 Å². The molecule has 0 radical (unpaired) electrons. The highest BCUT2D eigenvalue weighted by Crippen LogP contribution is 2.36. The van der Waals surface area contributed by atoms with Gasteiger partial charge in [-0.05, 0) is 17.7 Å². The third kappa shape index (κ3) is 2.88. The van der Waals surface area contributed by atoms with E-state index < -0.39 is 29.3 Å². The van der Waals surface area contributed by atoms with Gasteiger partial charge >= 0.3 is 12.1 Å². The first-order chi connectivity index (χ1) is 7.77. The van der Waals surface area contributed by atoms with Crippen molar-refractivity contribution < 1.29 is 27.8 Å². The summed E-state index contributed by atoms with van der Waals surface area (Å²) in [6, 6.07) is 1.23. The Kier molecular flexibility index (Phi) is 3.62. The number of benzene rings is 1. The summed E-state index contributed by atoms with van der Waals surface area (Å²) in [6.07, 6.45) is -4.68. The summed E-state index contributed by atoms with van der Waals surface area (Å²) < 4.78 is 42.7. The van der Waals surface area contributed by atoms with Crippen LogP contribution in [0, 0.1) is 0 Å². The lowest BCUT2D eigenvalue weighted by Gasteiger charge is -2.16. The first-order valence-electron chi connectivity index (χ1n) is 4.51. The van der Waals surface area contributed by atoms with Crippen molar-refractivity contribution >= 4 is 5.97 Å². The monoisotopic (exact) mass is 249 g/mol. The van der Waals surface area contributed by atoms with Crippen molar-refractivity contribution in [2.75, 3.05) is 7.11 Å². The minimum atomic E-state index is -4.68. The van der Waals surface area contributed by atoms with Gasteiger partial charge in [0, 0.05) is 0 Å². The molecule has 1 atom stereocenters. The number of methoxy groups -OCH3 is 1. The van der Waals surface area contributed by atoms with E-state index in [-0.39, 0.29) is 5.75 Å². The highest BCUT2D eigenvalue weighted by molar-refractivity contribution is 5.76. The normalized spacial score (nSPS) is 13.2. The van der Waals surface area contributed by atoms with E-state index >= 15 is 0 Å². The Morgan fingerprint density at radius 3 is 2.47 bits per heavy atom. The molecule has 0 aliphatic rings. The maximum absolute atomic E-state index is 12.7. The van der Waals surface area contributed by atoms with Crippen LogP contribution in [0.2, 0.25) is 0 Å². The van der Waals surface area contributed by atoms with E-state index in [9.17, 15) is 18.0 Å². The number of halogens is 3. The van der Waals surface area contributed by atoms with Crippen LogP contribution >= 0.6 is 0 Å². The van der Waals surface area contributed by atoms with Crippen LogP contribution in [0.4, 0.5) is 13.2 Å². The number of hydrogen-bond donors (Lipinski definition) is 2. The number of ether oxygens (including phenoxy) is 1. The smallest absolute Gasteiger partial charge is 0.416 e. The third-order valence-electron chi connectivity index (χ3n) is 2.17. The minimum Gasteiger partial charge on any atom is -0.497 e. The molecule has 1 unspecified atom stereocenters. The molecule has 94 valence electrons. The number of nitrogens with two attached hydrogens (primary N) is 1. The molecule has 0 aliphatic heterocycles. The lowest BCUT2D eigenvalue weighted by Crippen LogP contribution is -2.24. The van der Waals surface area contributed by atoms with Crippen LogP contribution in [0.15, 0.2) is 18.2 Å². The van der Waals surface area contributed by atoms with Crippen molar-refractivity contribution in [2.45, 2.75) is 12.2 Å². The summed E-state index contributed by atoms with van der Waals surface area (Å²) in [6.45, 7) is 0. The van der Waals surface area contributed by atoms with Crippen molar-refractivity contribution in [1.29, 1.82) is 0 Å². The van der Waals surface area contributed by atoms with E-state index in [4.69, 9.17) is 10.8 Å². The maximum atomic E-state index is 12.7. The second-order valence-electron chi connectivity index (χ2n) is 3.27. The molecule has 0 spiro atoms. The van der Waals surface area contributed by atoms with Gasteiger partial charge in [0.05, 0.1) is 12.7 Å². The molecule has 0 saturated carbocycles. The molecular weight excluding hydrogens is 239 g/mol. The lowest BCUT2D eigenvalue weighted by atomic mass is 10.00. The van der Waals surface area contributed by atoms with E-state index in [1.54, 1.807) is 0 Å². The van der Waals surface area contributed by atoms with Crippen molar-refractivity contribution in [1.82, 2.24) is 0 Å². The fourth-order valence-electron chi connectivity index (χ4n) is 1.31. The summed E-state index contributed by atoms with van der Waals surface area (Å²) in [5.74, 6) is -1.54. The molecule has 0 aromatic heterocycles. The molecule has 17 heavy (non-hydrogen) atoms. The molecule has 0 heterocycles. The standard InChI is InChI=1S/C10H10F3NO3/c1-17-5-2-3-6(8(14)9(15)16)7(4-5)10(11,12)13/h2-4,8H,14H2,1H3,(H,15,16). The summed E-state index contributed by atoms with van der Waals surface area (Å²) in [4.78, 5) is 10.6. The van der Waals surface area contributed by atoms with Gasteiger partial charge in [-0.2, -0.15) is 13.2 Å². The summed E-state index contributed by atoms with van der Waals surface area (Å²) in [5, 5.41) is 8.63. The van der Waals surface area contributed by atoms with Gasteiger partial charge in [-0.3, -0.25) is 4.79 Å². The van der Waals surface area contributed by atoms with Gasteiger partial charge in [-0.25, -0.2) is 0 Å². The van der Waals surface area contributed by atoms with Crippen LogP contribution in [0.1, 0.15) is 17.2 Å². The Bertz CT molecular complexity index is 431. The van der Waals surface area contributed by atoms with Gasteiger partial charge in [-0.1, -0.05) is 6.07 Å². The van der Waals surface area contributed by atoms with Crippen molar-refractivity contribution in [3.8, 4) is 5.75 Å². The number of carboxylic acid groups (broad SMARTS) is 1. The van der Waals surface area contributed by atoms with Crippen LogP contribution < -0.4 is 10.5 Å². The number of hydrogen-bond acceptors (Lipinski definition) is 3. The summed E-state index contributed by atoms with van der Waals surface area (Å²) in [7, 11) is 1.21. The predicted octanol–water partition coefficient (Wildman–Crippen LogP) is 1.80. The zero-order valence-corrected chi connectivity index (χ0v) is 8.78. The van der Waals surface area contributed by atoms with Crippen molar-refractivity contribution in [3.63, 3.8) is 0 Å². The predicted molar refractivity (Wildman–Crippen MR) is 52.6 cm³/mol. The number of carboxylic acids is 1. The molecule has 7 heteroatoms. The zero-order chi connectivity index (χ0) is 13.2. The van der Waals surface area contributed by atoms with Gasteiger partial charge in [0.25, 0.3) is 0 Å². The fraction of sp³-hybridized carbons (Fsp3) is 0.300. The number of alkyl halides is 3. The molecule has 1 aromatic rings. The van der Waals surface area contributed by atoms with Gasteiger partial charge in [0.1, 0.15) is 11.8 Å². The largest absolute Gasteiger partial charge is 0.497 e. The van der Waals surface area contributed by atoms with Gasteiger partial charge in [-0.15, -0.1) is 0 Å². The molecule has 1 rings (SSSR count). The molecule has 0 fully saturated rings. The molecule has 0 saturated heterocycles. The quantitative estimate of drug-likeness (QED) is 0.856. The molecule has 1 aromatic carbocycles. The molecule has 0 amide bonds. The Morgan fingerprint density at radius 1 is 1.47 bits per heavy atom. The lowest BCUT2D eigenvalue weighted by molar-refractivity contribution is -0.141. The second-order valence-corrected chi connectivity index (χ2v) is 3.27. The number of carbonyl (C=O) groups is 1.